The maximum absolute atomic E-state index is 10.4. The third kappa shape index (κ3) is 4.40. The molecule has 8 nitrogen and oxygen atoms in total. The number of aromatic nitrogens is 4. The molecule has 1 saturated heterocycles. The molecule has 1 unspecified atom stereocenters. The number of nitrogens with zero attached hydrogens (tertiary/aromatic N) is 6. The zero-order valence-electron chi connectivity index (χ0n) is 21.1. The molecule has 188 valence electrons. The average Bonchev–Trinajstić information content (AvgIpc) is 3.56. The van der Waals surface area contributed by atoms with Crippen molar-refractivity contribution in [1.29, 1.82) is 5.26 Å². The molecule has 0 amide bonds. The van der Waals surface area contributed by atoms with Crippen molar-refractivity contribution in [2.45, 2.75) is 51.2 Å². The minimum absolute atomic E-state index is 0.0876. The van der Waals surface area contributed by atoms with Crippen LogP contribution >= 0.6 is 0 Å². The highest BCUT2D eigenvalue weighted by molar-refractivity contribution is 5.81. The fraction of sp³-hybridized carbons (Fsp3) is 0.379. The summed E-state index contributed by atoms with van der Waals surface area (Å²) in [5, 5.41) is 25.5. The van der Waals surface area contributed by atoms with Crippen LogP contribution in [-0.4, -0.2) is 43.5 Å². The molecule has 1 aliphatic heterocycles. The van der Waals surface area contributed by atoms with Gasteiger partial charge in [-0.05, 0) is 68.9 Å². The number of benzene rings is 2. The Morgan fingerprint density at radius 3 is 2.78 bits per heavy atom. The minimum Gasteiger partial charge on any atom is -0.486 e. The van der Waals surface area contributed by atoms with E-state index in [2.05, 4.69) is 32.1 Å². The second-order valence-electron chi connectivity index (χ2n) is 10.6. The lowest BCUT2D eigenvalue weighted by Crippen LogP contribution is -2.33. The van der Waals surface area contributed by atoms with E-state index in [-0.39, 0.29) is 12.0 Å². The van der Waals surface area contributed by atoms with E-state index in [1.807, 2.05) is 61.1 Å². The van der Waals surface area contributed by atoms with Crippen LogP contribution in [0.15, 0.2) is 55.0 Å². The highest BCUT2D eigenvalue weighted by Gasteiger charge is 2.34. The van der Waals surface area contributed by atoms with Gasteiger partial charge in [0.25, 0.3) is 0 Å². The standard InChI is InChI=1S/C29H30N6O2/c1-29(2,36)21-11-12-34(17-21)27-14-28(32-18-31-27)35-25-13-22(10-9-20(25)16-33-35)37-26-8-4-6-23-19(15-30)5-3-7-24(23)26/h3,5,7,9-10,13-14,16,18,21,26,36H,4,6,8,11-12,17H2,1-2H3/t21?,26-/m0/s1. The monoisotopic (exact) mass is 494 g/mol. The van der Waals surface area contributed by atoms with Crippen molar-refractivity contribution in [3.05, 3.63) is 71.7 Å². The lowest BCUT2D eigenvalue weighted by Gasteiger charge is -2.27. The van der Waals surface area contributed by atoms with E-state index in [9.17, 15) is 10.4 Å². The van der Waals surface area contributed by atoms with Gasteiger partial charge in [-0.15, -0.1) is 0 Å². The number of ether oxygens (including phenoxy) is 1. The van der Waals surface area contributed by atoms with Crippen LogP contribution in [0.5, 0.6) is 5.75 Å². The summed E-state index contributed by atoms with van der Waals surface area (Å²) in [4.78, 5) is 11.2. The fourth-order valence-corrected chi connectivity index (χ4v) is 5.62. The van der Waals surface area contributed by atoms with Gasteiger partial charge >= 0.3 is 0 Å². The lowest BCUT2D eigenvalue weighted by atomic mass is 9.86. The first-order chi connectivity index (χ1) is 17.9. The van der Waals surface area contributed by atoms with E-state index in [0.717, 1.165) is 77.9 Å². The third-order valence-electron chi connectivity index (χ3n) is 7.76. The zero-order valence-corrected chi connectivity index (χ0v) is 21.1. The van der Waals surface area contributed by atoms with Gasteiger partial charge in [0.15, 0.2) is 5.82 Å². The molecule has 0 spiro atoms. The first kappa shape index (κ1) is 23.4. The molecular formula is C29H30N6O2. The van der Waals surface area contributed by atoms with Crippen molar-refractivity contribution in [3.8, 4) is 17.6 Å². The molecule has 2 aromatic carbocycles. The minimum atomic E-state index is -0.714. The Morgan fingerprint density at radius 2 is 1.97 bits per heavy atom. The number of hydrogen-bond donors (Lipinski definition) is 1. The maximum Gasteiger partial charge on any atom is 0.159 e. The SMILES string of the molecule is CC(C)(O)C1CCN(c2cc(-n3ncc4ccc(O[C@H]5CCCc6c(C#N)cccc65)cc43)ncn2)C1. The first-order valence-corrected chi connectivity index (χ1v) is 12.9. The molecule has 1 aliphatic carbocycles. The predicted octanol–water partition coefficient (Wildman–Crippen LogP) is 4.74. The van der Waals surface area contributed by atoms with Crippen LogP contribution in [0.4, 0.5) is 5.82 Å². The maximum atomic E-state index is 10.4. The Hall–Kier alpha value is -3.96. The van der Waals surface area contributed by atoms with Gasteiger partial charge in [-0.1, -0.05) is 12.1 Å². The predicted molar refractivity (Wildman–Crippen MR) is 141 cm³/mol. The Labute approximate surface area is 216 Å². The second-order valence-corrected chi connectivity index (χ2v) is 10.6. The molecule has 8 heteroatoms. The van der Waals surface area contributed by atoms with Crippen LogP contribution < -0.4 is 9.64 Å². The van der Waals surface area contributed by atoms with Crippen LogP contribution in [0.2, 0.25) is 0 Å². The summed E-state index contributed by atoms with van der Waals surface area (Å²) in [5.41, 5.74) is 3.14. The van der Waals surface area contributed by atoms with Gasteiger partial charge in [0.2, 0.25) is 0 Å². The summed E-state index contributed by atoms with van der Waals surface area (Å²) < 4.78 is 8.30. The molecule has 4 aromatic rings. The van der Waals surface area contributed by atoms with E-state index < -0.39 is 5.60 Å². The van der Waals surface area contributed by atoms with Crippen LogP contribution in [-0.2, 0) is 6.42 Å². The van der Waals surface area contributed by atoms with Crippen molar-refractivity contribution in [1.82, 2.24) is 19.7 Å². The molecule has 3 heterocycles. The largest absolute Gasteiger partial charge is 0.486 e. The van der Waals surface area contributed by atoms with Crippen molar-refractivity contribution < 1.29 is 9.84 Å². The molecule has 6 rings (SSSR count). The molecule has 0 radical (unpaired) electrons. The van der Waals surface area contributed by atoms with E-state index in [1.54, 1.807) is 6.33 Å². The molecule has 37 heavy (non-hydrogen) atoms. The number of nitriles is 1. The summed E-state index contributed by atoms with van der Waals surface area (Å²) in [6.07, 6.45) is 7.05. The molecule has 0 bridgehead atoms. The van der Waals surface area contributed by atoms with Crippen molar-refractivity contribution >= 4 is 16.7 Å². The van der Waals surface area contributed by atoms with Crippen LogP contribution in [0.3, 0.4) is 0 Å². The number of aliphatic hydroxyl groups is 1. The zero-order chi connectivity index (χ0) is 25.6. The highest BCUT2D eigenvalue weighted by Crippen LogP contribution is 2.36. The highest BCUT2D eigenvalue weighted by atomic mass is 16.5. The summed E-state index contributed by atoms with van der Waals surface area (Å²) in [7, 11) is 0. The number of fused-ring (bicyclic) bond motifs is 2. The van der Waals surface area contributed by atoms with E-state index in [1.165, 1.54) is 0 Å². The topological polar surface area (TPSA) is 100 Å². The first-order valence-electron chi connectivity index (χ1n) is 12.9. The third-order valence-corrected chi connectivity index (χ3v) is 7.76. The van der Waals surface area contributed by atoms with E-state index >= 15 is 0 Å². The average molecular weight is 495 g/mol. The molecular weight excluding hydrogens is 464 g/mol. The number of rotatable bonds is 5. The van der Waals surface area contributed by atoms with Crippen molar-refractivity contribution in [3.63, 3.8) is 0 Å². The molecule has 2 atom stereocenters. The van der Waals surface area contributed by atoms with Crippen LogP contribution in [0.1, 0.15) is 55.9 Å². The second kappa shape index (κ2) is 9.16. The van der Waals surface area contributed by atoms with Crippen molar-refractivity contribution in [2.24, 2.45) is 5.92 Å². The molecule has 1 N–H and O–H groups in total. The van der Waals surface area contributed by atoms with Gasteiger partial charge in [0.05, 0.1) is 28.9 Å². The number of anilines is 1. The van der Waals surface area contributed by atoms with Gasteiger partial charge < -0.3 is 14.7 Å². The molecule has 2 aromatic heterocycles. The Balaban J connectivity index is 1.28. The Morgan fingerprint density at radius 1 is 1.11 bits per heavy atom. The smallest absolute Gasteiger partial charge is 0.159 e. The molecule has 2 aliphatic rings. The Bertz CT molecular complexity index is 1500. The summed E-state index contributed by atoms with van der Waals surface area (Å²) in [5.74, 6) is 2.48. The molecule has 0 saturated carbocycles. The van der Waals surface area contributed by atoms with Gasteiger partial charge in [0, 0.05) is 36.5 Å². The van der Waals surface area contributed by atoms with Crippen LogP contribution in [0.25, 0.3) is 16.7 Å². The van der Waals surface area contributed by atoms with Gasteiger partial charge in [0.1, 0.15) is 24.0 Å². The summed E-state index contributed by atoms with van der Waals surface area (Å²) in [6.45, 7) is 5.35. The molecule has 1 fully saturated rings. The normalized spacial score (nSPS) is 19.6. The van der Waals surface area contributed by atoms with E-state index in [4.69, 9.17) is 4.74 Å². The fourth-order valence-electron chi connectivity index (χ4n) is 5.62. The summed E-state index contributed by atoms with van der Waals surface area (Å²) >= 11 is 0. The van der Waals surface area contributed by atoms with Gasteiger partial charge in [-0.3, -0.25) is 0 Å². The van der Waals surface area contributed by atoms with Gasteiger partial charge in [-0.2, -0.15) is 10.4 Å². The quantitative estimate of drug-likeness (QED) is 0.428. The summed E-state index contributed by atoms with van der Waals surface area (Å²) in [6, 6.07) is 16.2. The van der Waals surface area contributed by atoms with Gasteiger partial charge in [-0.25, -0.2) is 14.6 Å². The van der Waals surface area contributed by atoms with Crippen LogP contribution in [0, 0.1) is 17.2 Å². The van der Waals surface area contributed by atoms with E-state index in [0.29, 0.717) is 5.82 Å². The Kier molecular flexibility index (Phi) is 5.81. The number of hydrogen-bond acceptors (Lipinski definition) is 7. The van der Waals surface area contributed by atoms with Crippen molar-refractivity contribution in [2.75, 3.05) is 18.0 Å². The lowest BCUT2D eigenvalue weighted by molar-refractivity contribution is 0.0263.